The zero-order valence-corrected chi connectivity index (χ0v) is 5.70. The quantitative estimate of drug-likeness (QED) is 0.260. The summed E-state index contributed by atoms with van der Waals surface area (Å²) in [5.41, 5.74) is -3.65. The van der Waals surface area contributed by atoms with E-state index in [1.165, 1.54) is 0 Å². The molecule has 0 aromatic rings. The summed E-state index contributed by atoms with van der Waals surface area (Å²) in [7, 11) is -2.35. The van der Waals surface area contributed by atoms with Gasteiger partial charge in [-0.1, -0.05) is 12.2 Å². The van der Waals surface area contributed by atoms with Crippen LogP contribution in [-0.2, 0) is 10.6 Å². The first-order valence-electron chi connectivity index (χ1n) is 1.15. The molecule has 0 bridgehead atoms. The van der Waals surface area contributed by atoms with Gasteiger partial charge in [-0.15, -0.1) is 0 Å². The lowest BCUT2D eigenvalue weighted by atomic mass is 15.9. The van der Waals surface area contributed by atoms with Crippen molar-refractivity contribution in [2.75, 3.05) is 0 Å². The Labute approximate surface area is 48.1 Å². The molecular weight excluding hydrogens is 159 g/mol. The fourth-order valence-electron chi connectivity index (χ4n) is 0. The Bertz CT molecular complexity index is 98.6. The van der Waals surface area contributed by atoms with Gasteiger partial charge in [0.1, 0.15) is 10.6 Å². The molecule has 0 aromatic heterocycles. The lowest BCUT2D eigenvalue weighted by molar-refractivity contribution is 0.480. The second-order valence-electron chi connectivity index (χ2n) is 0.758. The van der Waals surface area contributed by atoms with E-state index in [-0.39, 0.29) is 0 Å². The molecule has 0 aliphatic rings. The third kappa shape index (κ3) is 3.54. The summed E-state index contributed by atoms with van der Waals surface area (Å²) in [6.45, 7) is 0. The zero-order chi connectivity index (χ0) is 6.08. The van der Waals surface area contributed by atoms with E-state index < -0.39 is 16.3 Å². The van der Waals surface area contributed by atoms with Crippen molar-refractivity contribution in [3.63, 3.8) is 0 Å². The Morgan fingerprint density at radius 2 is 1.43 bits per heavy atom. The van der Waals surface area contributed by atoms with Gasteiger partial charge in [-0.2, -0.15) is 0 Å². The second kappa shape index (κ2) is 2.50. The molecule has 4 N–H and O–H groups in total. The molecular formula is H5O4PS2. The molecule has 0 spiro atoms. The van der Waals surface area contributed by atoms with Crippen molar-refractivity contribution < 1.29 is 18.9 Å². The number of rotatable bonds is 0. The molecule has 0 aromatic carbocycles. The molecule has 0 saturated carbocycles. The van der Waals surface area contributed by atoms with E-state index in [2.05, 4.69) is 12.2 Å². The summed E-state index contributed by atoms with van der Waals surface area (Å²) in [4.78, 5) is 16.3. The van der Waals surface area contributed by atoms with E-state index in [1.54, 1.807) is 0 Å². The van der Waals surface area contributed by atoms with Gasteiger partial charge in [0.15, 0.2) is 0 Å². The smallest absolute Gasteiger partial charge is 0.249 e. The Morgan fingerprint density at radius 3 is 1.43 bits per heavy atom. The van der Waals surface area contributed by atoms with Gasteiger partial charge in [-0.25, -0.2) is 0 Å². The van der Waals surface area contributed by atoms with E-state index in [9.17, 15) is 0 Å². The highest BCUT2D eigenvalue weighted by molar-refractivity contribution is 8.63. The first-order valence-corrected chi connectivity index (χ1v) is 5.74. The predicted molar refractivity (Wildman–Crippen MR) is 33.0 cm³/mol. The van der Waals surface area contributed by atoms with Crippen molar-refractivity contribution in [2.24, 2.45) is 0 Å². The highest BCUT2D eigenvalue weighted by Gasteiger charge is 2.04. The Balaban J connectivity index is 4.28. The van der Waals surface area contributed by atoms with Crippen LogP contribution in [0.25, 0.3) is 0 Å². The van der Waals surface area contributed by atoms with Gasteiger partial charge < -0.3 is 18.9 Å². The van der Waals surface area contributed by atoms with E-state index >= 15 is 0 Å². The molecule has 0 saturated heterocycles. The maximum atomic E-state index is 8.14. The van der Waals surface area contributed by atoms with Crippen molar-refractivity contribution in [1.82, 2.24) is 0 Å². The van der Waals surface area contributed by atoms with Crippen LogP contribution in [-0.4, -0.2) is 18.9 Å². The van der Waals surface area contributed by atoms with Gasteiger partial charge in [-0.3, -0.25) is 0 Å². The summed E-state index contributed by atoms with van der Waals surface area (Å²) in [6, 6.07) is 0. The summed E-state index contributed by atoms with van der Waals surface area (Å²) < 4.78 is 15.9. The van der Waals surface area contributed by atoms with Crippen LogP contribution in [0, 0.1) is 0 Å². The van der Waals surface area contributed by atoms with Crippen molar-refractivity contribution in [2.45, 2.75) is 0 Å². The Hall–Kier alpha value is 0.970. The molecule has 0 unspecified atom stereocenters. The molecule has 0 aliphatic carbocycles. The monoisotopic (exact) mass is 164 g/mol. The molecule has 0 rings (SSSR count). The molecule has 46 valence electrons. The molecule has 0 heterocycles. The van der Waals surface area contributed by atoms with Gasteiger partial charge in [0, 0.05) is 0 Å². The van der Waals surface area contributed by atoms with E-state index in [0.29, 0.717) is 0 Å². The lowest BCUT2D eigenvalue weighted by Gasteiger charge is -2.00. The Kier molecular flexibility index (Phi) is 2.85. The third-order valence-corrected chi connectivity index (χ3v) is 3.29. The van der Waals surface area contributed by atoms with Crippen LogP contribution in [0.3, 0.4) is 0 Å². The van der Waals surface area contributed by atoms with Gasteiger partial charge in [-0.05, 0) is 0 Å². The minimum absolute atomic E-state index is 2.35. The summed E-state index contributed by atoms with van der Waals surface area (Å²) in [6.07, 6.45) is 0. The van der Waals surface area contributed by atoms with Crippen molar-refractivity contribution in [3.8, 4) is 0 Å². The molecule has 0 amide bonds. The highest BCUT2D eigenvalue weighted by atomic mass is 32.9. The van der Waals surface area contributed by atoms with E-state index in [1.807, 2.05) is 0 Å². The summed E-state index contributed by atoms with van der Waals surface area (Å²) in [5, 5.41) is 0. The minimum atomic E-state index is -3.65. The van der Waals surface area contributed by atoms with Crippen molar-refractivity contribution in [3.05, 3.63) is 0 Å². The van der Waals surface area contributed by atoms with Crippen LogP contribution < -0.4 is 0 Å². The third-order valence-electron chi connectivity index (χ3n) is 0.219. The topological polar surface area (TPSA) is 80.9 Å². The van der Waals surface area contributed by atoms with Crippen LogP contribution in [0.15, 0.2) is 0 Å². The maximum absolute atomic E-state index is 8.14. The van der Waals surface area contributed by atoms with Gasteiger partial charge >= 0.3 is 0 Å². The standard InChI is InChI=1S/H5O4PS2/c1-5(2,6)7(3)4/h1-4,6H. The predicted octanol–water partition coefficient (Wildman–Crippen LogP) is 0.143. The minimum Gasteiger partial charge on any atom is -0.339 e. The molecule has 0 fully saturated rings. The molecule has 7 heavy (non-hydrogen) atoms. The molecule has 0 aliphatic heterocycles. The molecule has 4 nitrogen and oxygen atoms in total. The largest absolute Gasteiger partial charge is 0.339 e. The van der Waals surface area contributed by atoms with Crippen molar-refractivity contribution >= 4 is 28.6 Å². The van der Waals surface area contributed by atoms with E-state index in [4.69, 9.17) is 18.9 Å². The fourth-order valence-corrected chi connectivity index (χ4v) is 0. The SMILES string of the molecule is OS(O)=P(O)(O)S. The highest BCUT2D eigenvalue weighted by Crippen LogP contribution is 2.44. The Morgan fingerprint density at radius 1 is 1.29 bits per heavy atom. The van der Waals surface area contributed by atoms with Gasteiger partial charge in [0.2, 0.25) is 5.69 Å². The number of thiol groups is 1. The number of hydrogen-bond donors (Lipinski definition) is 5. The zero-order valence-electron chi connectivity index (χ0n) is 3.09. The van der Waals surface area contributed by atoms with Gasteiger partial charge in [0.05, 0.1) is 0 Å². The normalized spacial score (nSPS) is 12.9. The first kappa shape index (κ1) is 7.97. The van der Waals surface area contributed by atoms with Gasteiger partial charge in [0.25, 0.3) is 0 Å². The maximum Gasteiger partial charge on any atom is 0.249 e. The van der Waals surface area contributed by atoms with E-state index in [0.717, 1.165) is 0 Å². The number of hydrogen-bond acceptors (Lipinski definition) is 0. The second-order valence-corrected chi connectivity index (χ2v) is 7.27. The van der Waals surface area contributed by atoms with Crippen LogP contribution in [0.4, 0.5) is 0 Å². The van der Waals surface area contributed by atoms with Crippen LogP contribution in [0.2, 0.25) is 0 Å². The fraction of sp³-hybridized carbons (Fsp3) is 0. The molecule has 7 heteroatoms. The summed E-state index contributed by atoms with van der Waals surface area (Å²) >= 11 is 3.08. The van der Waals surface area contributed by atoms with Crippen LogP contribution in [0.1, 0.15) is 0 Å². The van der Waals surface area contributed by atoms with Crippen molar-refractivity contribution in [1.29, 1.82) is 0 Å². The summed E-state index contributed by atoms with van der Waals surface area (Å²) in [5.74, 6) is 0. The van der Waals surface area contributed by atoms with Crippen LogP contribution >= 0.6 is 17.9 Å². The van der Waals surface area contributed by atoms with Crippen LogP contribution in [0.5, 0.6) is 0 Å². The average Bonchev–Trinajstić information content (AvgIpc) is 1.31. The molecule has 0 atom stereocenters. The average molecular weight is 164 g/mol. The first-order chi connectivity index (χ1) is 2.94. The lowest BCUT2D eigenvalue weighted by Crippen LogP contribution is -1.82. The molecule has 0 radical (unpaired) electrons.